The summed E-state index contributed by atoms with van der Waals surface area (Å²) in [6.45, 7) is 1.16. The molecule has 0 fully saturated rings. The van der Waals surface area contributed by atoms with Crippen LogP contribution in [-0.2, 0) is 38.4 Å². The van der Waals surface area contributed by atoms with E-state index in [0.717, 1.165) is 0 Å². The van der Waals surface area contributed by atoms with Crippen molar-refractivity contribution in [1.82, 2.24) is 26.6 Å². The lowest BCUT2D eigenvalue weighted by Crippen LogP contribution is -2.61. The monoisotopic (exact) mass is 637 g/mol. The summed E-state index contributed by atoms with van der Waals surface area (Å²) in [5, 5.41) is 48.1. The Kier molecular flexibility index (Phi) is 17.4. The first-order valence-electron chi connectivity index (χ1n) is 12.8. The van der Waals surface area contributed by atoms with Crippen LogP contribution >= 0.6 is 12.6 Å². The minimum Gasteiger partial charge on any atom is -0.481 e. The molecule has 244 valence electrons. The molecule has 0 aromatic carbocycles. The molecule has 43 heavy (non-hydrogen) atoms. The van der Waals surface area contributed by atoms with Crippen molar-refractivity contribution in [3.05, 3.63) is 0 Å². The van der Waals surface area contributed by atoms with E-state index in [4.69, 9.17) is 16.6 Å². The number of rotatable bonds is 20. The number of hydrogen-bond acceptors (Lipinski definition) is 12. The van der Waals surface area contributed by atoms with Gasteiger partial charge in [-0.15, -0.1) is 0 Å². The molecule has 0 rings (SSSR count). The van der Waals surface area contributed by atoms with Gasteiger partial charge in [0.15, 0.2) is 0 Å². The third-order valence-corrected chi connectivity index (χ3v) is 6.11. The normalized spacial score (nSPS) is 15.0. The lowest BCUT2D eigenvalue weighted by molar-refractivity contribution is -0.147. The quantitative estimate of drug-likeness (QED) is 0.0554. The molecule has 0 bridgehead atoms. The van der Waals surface area contributed by atoms with Crippen molar-refractivity contribution in [2.24, 2.45) is 17.4 Å². The van der Waals surface area contributed by atoms with Crippen molar-refractivity contribution in [2.45, 2.75) is 69.4 Å². The third-order valence-electron chi connectivity index (χ3n) is 5.72. The summed E-state index contributed by atoms with van der Waals surface area (Å²) in [6, 6.07) is -9.20. The molecule has 0 spiro atoms. The fourth-order valence-corrected chi connectivity index (χ4v) is 3.44. The predicted octanol–water partition coefficient (Wildman–Crippen LogP) is -5.87. The fourth-order valence-electron chi connectivity index (χ4n) is 3.27. The summed E-state index contributed by atoms with van der Waals surface area (Å²) < 4.78 is 0. The summed E-state index contributed by atoms with van der Waals surface area (Å²) in [4.78, 5) is 96.7. The molecule has 0 unspecified atom stereocenters. The molecular formula is C23H39N7O12S. The number of aliphatic hydroxyl groups excluding tert-OH is 2. The van der Waals surface area contributed by atoms with Gasteiger partial charge in [0.1, 0.15) is 30.2 Å². The highest BCUT2D eigenvalue weighted by Crippen LogP contribution is 2.05. The van der Waals surface area contributed by atoms with Crippen molar-refractivity contribution < 1.29 is 58.8 Å². The Hall–Kier alpha value is -4.01. The van der Waals surface area contributed by atoms with E-state index in [2.05, 4.69) is 33.9 Å². The maximum absolute atomic E-state index is 13.0. The van der Waals surface area contributed by atoms with Crippen LogP contribution in [-0.4, -0.2) is 123 Å². The topological polar surface area (TPSA) is 330 Å². The summed E-state index contributed by atoms with van der Waals surface area (Å²) in [5.41, 5.74) is 10.6. The highest BCUT2D eigenvalue weighted by Gasteiger charge is 2.34. The average Bonchev–Trinajstić information content (AvgIpc) is 2.93. The first-order chi connectivity index (χ1) is 20.0. The number of carboxylic acids is 2. The number of thiol groups is 1. The molecule has 20 heteroatoms. The number of primary amides is 1. The van der Waals surface area contributed by atoms with Gasteiger partial charge in [-0.1, -0.05) is 13.8 Å². The van der Waals surface area contributed by atoms with E-state index in [1.807, 2.05) is 5.32 Å². The van der Waals surface area contributed by atoms with Crippen molar-refractivity contribution in [3.63, 3.8) is 0 Å². The van der Waals surface area contributed by atoms with Gasteiger partial charge in [-0.3, -0.25) is 33.6 Å². The van der Waals surface area contributed by atoms with E-state index >= 15 is 0 Å². The Morgan fingerprint density at radius 3 is 1.56 bits per heavy atom. The number of carbonyl (C=O) groups is 8. The minimum atomic E-state index is -1.89. The lowest BCUT2D eigenvalue weighted by atomic mass is 10.0. The Morgan fingerprint density at radius 2 is 1.14 bits per heavy atom. The van der Waals surface area contributed by atoms with Crippen LogP contribution < -0.4 is 38.1 Å². The molecule has 0 aliphatic rings. The van der Waals surface area contributed by atoms with Gasteiger partial charge in [0.05, 0.1) is 25.7 Å². The maximum atomic E-state index is 13.0. The molecule has 0 aromatic rings. The largest absolute Gasteiger partial charge is 0.481 e. The number of aliphatic carboxylic acids is 2. The standard InChI is InChI=1S/C23H39N7O12S/c1-9(2)17(30-21(39)14(7-32)28-18(36)10(24)8-43)22(40)29-13(6-31)20(38)26-11(3-4-15(25)33)19(37)27-12(23(41)42)5-16(34)35/h9-14,17,31-32,43H,3-8,24H2,1-2H3,(H2,25,33)(H,26,38)(H,27,37)(H,28,36)(H,29,40)(H,30,39)(H,34,35)(H,41,42)/t10-,11-,12-,13-,14-,17-/m0/s1. The smallest absolute Gasteiger partial charge is 0.326 e. The number of amides is 6. The molecule has 0 aromatic heterocycles. The molecule has 0 saturated carbocycles. The summed E-state index contributed by atoms with van der Waals surface area (Å²) in [7, 11) is 0. The van der Waals surface area contributed by atoms with Crippen LogP contribution in [0.15, 0.2) is 0 Å². The fraction of sp³-hybridized carbons (Fsp3) is 0.652. The van der Waals surface area contributed by atoms with E-state index in [1.54, 1.807) is 0 Å². The zero-order chi connectivity index (χ0) is 33.4. The number of aliphatic hydroxyl groups is 2. The van der Waals surface area contributed by atoms with Crippen LogP contribution in [0.4, 0.5) is 0 Å². The second kappa shape index (κ2) is 19.2. The molecule has 0 saturated heterocycles. The summed E-state index contributed by atoms with van der Waals surface area (Å²) >= 11 is 3.87. The van der Waals surface area contributed by atoms with Gasteiger partial charge >= 0.3 is 11.9 Å². The predicted molar refractivity (Wildman–Crippen MR) is 149 cm³/mol. The zero-order valence-corrected chi connectivity index (χ0v) is 24.3. The van der Waals surface area contributed by atoms with Crippen molar-refractivity contribution in [2.75, 3.05) is 19.0 Å². The number of carbonyl (C=O) groups excluding carboxylic acids is 6. The van der Waals surface area contributed by atoms with Gasteiger partial charge in [-0.25, -0.2) is 4.79 Å². The Labute approximate surface area is 251 Å². The first kappa shape index (κ1) is 39.0. The van der Waals surface area contributed by atoms with Crippen LogP contribution in [0, 0.1) is 5.92 Å². The summed E-state index contributed by atoms with van der Waals surface area (Å²) in [5.74, 6) is -9.91. The molecule has 0 radical (unpaired) electrons. The molecular weight excluding hydrogens is 598 g/mol. The number of nitrogens with one attached hydrogen (secondary N) is 5. The number of hydrogen-bond donors (Lipinski definition) is 12. The Bertz CT molecular complexity index is 1040. The van der Waals surface area contributed by atoms with Crippen molar-refractivity contribution in [1.29, 1.82) is 0 Å². The van der Waals surface area contributed by atoms with Crippen LogP contribution in [0.2, 0.25) is 0 Å². The van der Waals surface area contributed by atoms with E-state index in [9.17, 15) is 53.7 Å². The maximum Gasteiger partial charge on any atom is 0.326 e. The van der Waals surface area contributed by atoms with E-state index < -0.39 is 122 Å². The highest BCUT2D eigenvalue weighted by atomic mass is 32.1. The lowest BCUT2D eigenvalue weighted by Gasteiger charge is -2.27. The van der Waals surface area contributed by atoms with Gasteiger partial charge in [0, 0.05) is 12.2 Å². The molecule has 0 heterocycles. The summed E-state index contributed by atoms with van der Waals surface area (Å²) in [6.07, 6.45) is -1.92. The van der Waals surface area contributed by atoms with Gasteiger partial charge in [0.2, 0.25) is 35.4 Å². The van der Waals surface area contributed by atoms with E-state index in [1.165, 1.54) is 13.8 Å². The molecule has 6 amide bonds. The number of nitrogens with two attached hydrogens (primary N) is 2. The zero-order valence-electron chi connectivity index (χ0n) is 23.4. The molecule has 0 aliphatic carbocycles. The molecule has 19 nitrogen and oxygen atoms in total. The van der Waals surface area contributed by atoms with Crippen LogP contribution in [0.25, 0.3) is 0 Å². The van der Waals surface area contributed by atoms with Gasteiger partial charge in [-0.05, 0) is 12.3 Å². The second-order valence-electron chi connectivity index (χ2n) is 9.57. The molecule has 6 atom stereocenters. The van der Waals surface area contributed by atoms with E-state index in [-0.39, 0.29) is 5.75 Å². The van der Waals surface area contributed by atoms with Crippen LogP contribution in [0.1, 0.15) is 33.1 Å². The minimum absolute atomic E-state index is 0.0548. The molecule has 13 N–H and O–H groups in total. The molecule has 0 aliphatic heterocycles. The van der Waals surface area contributed by atoms with Gasteiger partial charge in [-0.2, -0.15) is 12.6 Å². The first-order valence-corrected chi connectivity index (χ1v) is 13.4. The van der Waals surface area contributed by atoms with Crippen molar-refractivity contribution in [3.8, 4) is 0 Å². The second-order valence-corrected chi connectivity index (χ2v) is 9.94. The van der Waals surface area contributed by atoms with Crippen molar-refractivity contribution >= 4 is 60.0 Å². The van der Waals surface area contributed by atoms with E-state index in [0.29, 0.717) is 0 Å². The van der Waals surface area contributed by atoms with Gasteiger partial charge < -0.3 is 58.5 Å². The highest BCUT2D eigenvalue weighted by molar-refractivity contribution is 7.80. The van der Waals surface area contributed by atoms with Gasteiger partial charge in [0.25, 0.3) is 0 Å². The number of carboxylic acid groups (broad SMARTS) is 2. The Morgan fingerprint density at radius 1 is 0.698 bits per heavy atom. The van der Waals surface area contributed by atoms with Crippen LogP contribution in [0.3, 0.4) is 0 Å². The SMILES string of the molecule is CC(C)[C@H](NC(=O)[C@H](CO)NC(=O)[C@@H](N)CS)C(=O)N[C@@H](CO)C(=O)N[C@@H](CCC(N)=O)C(=O)N[C@@H](CC(=O)O)C(=O)O. The average molecular weight is 638 g/mol. The third kappa shape index (κ3) is 14.1. The van der Waals surface area contributed by atoms with Crippen LogP contribution in [0.5, 0.6) is 0 Å². The Balaban J connectivity index is 5.71.